The van der Waals surface area contributed by atoms with Crippen molar-refractivity contribution in [1.29, 1.82) is 0 Å². The van der Waals surface area contributed by atoms with Crippen LogP contribution in [-0.2, 0) is 10.3 Å². The second-order valence-electron chi connectivity index (χ2n) is 5.23. The van der Waals surface area contributed by atoms with Gasteiger partial charge in [-0.3, -0.25) is 4.99 Å². The third-order valence-corrected chi connectivity index (χ3v) is 5.07. The van der Waals surface area contributed by atoms with Crippen LogP contribution in [0.15, 0.2) is 23.2 Å². The Hall–Kier alpha value is -1.07. The molecule has 0 unspecified atom stereocenters. The van der Waals surface area contributed by atoms with Crippen LogP contribution in [0.4, 0.5) is 10.1 Å². The van der Waals surface area contributed by atoms with Crippen molar-refractivity contribution in [1.82, 2.24) is 0 Å². The van der Waals surface area contributed by atoms with Crippen LogP contribution in [0, 0.1) is 11.7 Å². The summed E-state index contributed by atoms with van der Waals surface area (Å²) in [5.74, 6) is 0.850. The fraction of sp³-hybridized carbons (Fsp3) is 0.500. The summed E-state index contributed by atoms with van der Waals surface area (Å²) >= 11 is 1.72. The maximum Gasteiger partial charge on any atom is 0.129 e. The lowest BCUT2D eigenvalue weighted by molar-refractivity contribution is 0.107. The minimum absolute atomic E-state index is 0.0881. The largest absolute Gasteiger partial charge is 0.399 e. The van der Waals surface area contributed by atoms with Gasteiger partial charge in [0.1, 0.15) is 11.4 Å². The van der Waals surface area contributed by atoms with Crippen molar-refractivity contribution in [3.63, 3.8) is 0 Å². The van der Waals surface area contributed by atoms with Gasteiger partial charge >= 0.3 is 0 Å². The molecule has 1 saturated heterocycles. The molecule has 0 spiro atoms. The second kappa shape index (κ2) is 4.49. The minimum Gasteiger partial charge on any atom is -0.399 e. The highest BCUT2D eigenvalue weighted by Crippen LogP contribution is 2.48. The maximum absolute atomic E-state index is 14.3. The van der Waals surface area contributed by atoms with E-state index in [1.54, 1.807) is 23.9 Å². The highest BCUT2D eigenvalue weighted by atomic mass is 32.2. The van der Waals surface area contributed by atoms with Gasteiger partial charge in [-0.15, -0.1) is 11.8 Å². The van der Waals surface area contributed by atoms with Crippen molar-refractivity contribution >= 4 is 22.5 Å². The first-order chi connectivity index (χ1) is 9.03. The monoisotopic (exact) mass is 280 g/mol. The van der Waals surface area contributed by atoms with E-state index < -0.39 is 5.54 Å². The maximum atomic E-state index is 14.3. The van der Waals surface area contributed by atoms with Gasteiger partial charge in [-0.1, -0.05) is 0 Å². The van der Waals surface area contributed by atoms with Gasteiger partial charge in [-0.05, 0) is 32.0 Å². The zero-order valence-corrected chi connectivity index (χ0v) is 11.8. The number of benzene rings is 1. The van der Waals surface area contributed by atoms with Crippen LogP contribution in [-0.4, -0.2) is 23.5 Å². The molecular weight excluding hydrogens is 263 g/mol. The summed E-state index contributed by atoms with van der Waals surface area (Å²) in [5.41, 5.74) is 6.35. The molecule has 2 N–H and O–H groups in total. The molecule has 5 heteroatoms. The molecule has 1 fully saturated rings. The number of halogens is 1. The molecule has 3 rings (SSSR count). The third-order valence-electron chi connectivity index (χ3n) is 4.03. The Labute approximate surface area is 116 Å². The number of aliphatic imine (C=N–C) groups is 1. The van der Waals surface area contributed by atoms with Crippen LogP contribution in [0.25, 0.3) is 0 Å². The van der Waals surface area contributed by atoms with Gasteiger partial charge in [-0.25, -0.2) is 4.39 Å². The first-order valence-corrected chi connectivity index (χ1v) is 7.38. The van der Waals surface area contributed by atoms with E-state index in [0.29, 0.717) is 17.9 Å². The molecule has 0 radical (unpaired) electrons. The summed E-state index contributed by atoms with van der Waals surface area (Å²) in [4.78, 5) is 4.76. The number of rotatable bonds is 1. The average molecular weight is 280 g/mol. The standard InChI is InChI=1S/C14H17FN2OS/c1-8-12-6-19-9(2)17-14(12,7-18-8)11-5-10(16)3-4-13(11)15/h3-5,8,12H,6-7,16H2,1-2H3/t8-,12-,14-/m1/s1. The van der Waals surface area contributed by atoms with E-state index in [4.69, 9.17) is 15.5 Å². The second-order valence-corrected chi connectivity index (χ2v) is 6.44. The number of hydrogen-bond acceptors (Lipinski definition) is 4. The number of nitrogens with zero attached hydrogens (tertiary/aromatic N) is 1. The molecule has 1 aromatic carbocycles. The van der Waals surface area contributed by atoms with Gasteiger partial charge in [0.25, 0.3) is 0 Å². The molecule has 19 heavy (non-hydrogen) atoms. The predicted octanol–water partition coefficient (Wildman–Crippen LogP) is 2.80. The van der Waals surface area contributed by atoms with Gasteiger partial charge in [-0.2, -0.15) is 0 Å². The summed E-state index contributed by atoms with van der Waals surface area (Å²) in [7, 11) is 0. The van der Waals surface area contributed by atoms with Crippen molar-refractivity contribution in [2.75, 3.05) is 18.1 Å². The summed E-state index contributed by atoms with van der Waals surface area (Å²) in [5, 5.41) is 0.982. The molecule has 2 heterocycles. The van der Waals surface area contributed by atoms with Crippen molar-refractivity contribution < 1.29 is 9.13 Å². The number of thioether (sulfide) groups is 1. The quantitative estimate of drug-likeness (QED) is 0.805. The third kappa shape index (κ3) is 1.96. The molecule has 0 aromatic heterocycles. The number of nitrogens with two attached hydrogens (primary N) is 1. The highest BCUT2D eigenvalue weighted by Gasteiger charge is 2.52. The average Bonchev–Trinajstić information content (AvgIpc) is 2.70. The van der Waals surface area contributed by atoms with Gasteiger partial charge in [0.2, 0.25) is 0 Å². The van der Waals surface area contributed by atoms with E-state index in [2.05, 4.69) is 0 Å². The molecule has 0 aliphatic carbocycles. The number of hydrogen-bond donors (Lipinski definition) is 1. The molecule has 0 saturated carbocycles. The van der Waals surface area contributed by atoms with Crippen LogP contribution in [0.2, 0.25) is 0 Å². The Morgan fingerprint density at radius 1 is 1.53 bits per heavy atom. The van der Waals surface area contributed by atoms with E-state index in [1.807, 2.05) is 13.8 Å². The van der Waals surface area contributed by atoms with Gasteiger partial charge in [0.05, 0.1) is 17.8 Å². The van der Waals surface area contributed by atoms with E-state index in [0.717, 1.165) is 10.8 Å². The molecule has 0 bridgehead atoms. The molecule has 3 atom stereocenters. The number of nitrogen functional groups attached to an aromatic ring is 1. The SMILES string of the molecule is CC1=N[C@@]2(c3cc(N)ccc3F)CO[C@H](C)[C@H]2CS1. The summed E-state index contributed by atoms with van der Waals surface area (Å²) in [6.45, 7) is 4.43. The van der Waals surface area contributed by atoms with E-state index in [-0.39, 0.29) is 17.8 Å². The molecule has 3 nitrogen and oxygen atoms in total. The van der Waals surface area contributed by atoms with Crippen molar-refractivity contribution in [2.24, 2.45) is 10.9 Å². The highest BCUT2D eigenvalue weighted by molar-refractivity contribution is 8.13. The lowest BCUT2D eigenvalue weighted by Gasteiger charge is -2.35. The van der Waals surface area contributed by atoms with Crippen LogP contribution >= 0.6 is 11.8 Å². The van der Waals surface area contributed by atoms with E-state index >= 15 is 0 Å². The number of fused-ring (bicyclic) bond motifs is 1. The summed E-state index contributed by atoms with van der Waals surface area (Å²) in [6, 6.07) is 4.71. The lowest BCUT2D eigenvalue weighted by Crippen LogP contribution is -2.40. The topological polar surface area (TPSA) is 47.6 Å². The predicted molar refractivity (Wildman–Crippen MR) is 77.0 cm³/mol. The molecule has 102 valence electrons. The normalized spacial score (nSPS) is 33.9. The number of anilines is 1. The number of ether oxygens (including phenoxy) is 1. The van der Waals surface area contributed by atoms with E-state index in [1.165, 1.54) is 6.07 Å². The summed E-state index contributed by atoms with van der Waals surface area (Å²) in [6.07, 6.45) is 0.0881. The smallest absolute Gasteiger partial charge is 0.129 e. The zero-order valence-electron chi connectivity index (χ0n) is 11.0. The van der Waals surface area contributed by atoms with Gasteiger partial charge < -0.3 is 10.5 Å². The summed E-state index contributed by atoms with van der Waals surface area (Å²) < 4.78 is 20.0. The lowest BCUT2D eigenvalue weighted by atomic mass is 9.79. The molecule has 2 aliphatic heterocycles. The minimum atomic E-state index is -0.603. The molecule has 0 amide bonds. The molecule has 2 aliphatic rings. The Morgan fingerprint density at radius 2 is 2.32 bits per heavy atom. The zero-order chi connectivity index (χ0) is 13.6. The van der Waals surface area contributed by atoms with Crippen molar-refractivity contribution in [3.05, 3.63) is 29.6 Å². The Balaban J connectivity index is 2.18. The Bertz CT molecular complexity index is 548. The van der Waals surface area contributed by atoms with Crippen molar-refractivity contribution in [3.8, 4) is 0 Å². The van der Waals surface area contributed by atoms with Gasteiger partial charge in [0, 0.05) is 22.9 Å². The van der Waals surface area contributed by atoms with Crippen LogP contribution < -0.4 is 5.73 Å². The van der Waals surface area contributed by atoms with Crippen molar-refractivity contribution in [2.45, 2.75) is 25.5 Å². The molecule has 1 aromatic rings. The first kappa shape index (κ1) is 12.9. The molecular formula is C14H17FN2OS. The fourth-order valence-corrected chi connectivity index (χ4v) is 4.19. The Morgan fingerprint density at radius 3 is 3.11 bits per heavy atom. The van der Waals surface area contributed by atoms with E-state index in [9.17, 15) is 4.39 Å². The Kier molecular flexibility index (Phi) is 3.06. The van der Waals surface area contributed by atoms with Crippen LogP contribution in [0.1, 0.15) is 19.4 Å². The first-order valence-electron chi connectivity index (χ1n) is 6.39. The fourth-order valence-electron chi connectivity index (χ4n) is 2.99. The van der Waals surface area contributed by atoms with Crippen LogP contribution in [0.5, 0.6) is 0 Å². The van der Waals surface area contributed by atoms with Crippen LogP contribution in [0.3, 0.4) is 0 Å². The van der Waals surface area contributed by atoms with Gasteiger partial charge in [0.15, 0.2) is 0 Å².